The first-order valence-electron chi connectivity index (χ1n) is 8.69. The molecule has 0 fully saturated rings. The van der Waals surface area contributed by atoms with Gasteiger partial charge in [0, 0.05) is 5.69 Å². The largest absolute Gasteiger partial charge is 0.463 e. The van der Waals surface area contributed by atoms with Crippen LogP contribution in [0.1, 0.15) is 22.8 Å². The van der Waals surface area contributed by atoms with Crippen LogP contribution in [0.2, 0.25) is 0 Å². The van der Waals surface area contributed by atoms with Gasteiger partial charge >= 0.3 is 24.0 Å². The van der Waals surface area contributed by atoms with Crippen molar-refractivity contribution < 1.29 is 49.4 Å². The molecule has 0 heterocycles. The maximum Gasteiger partial charge on any atom is 0.441 e. The summed E-state index contributed by atoms with van der Waals surface area (Å²) >= 11 is 0. The number of halogens is 8. The van der Waals surface area contributed by atoms with E-state index in [1.807, 2.05) is 0 Å². The number of ether oxygens (including phenoxy) is 1. The van der Waals surface area contributed by atoms with E-state index in [-0.39, 0.29) is 0 Å². The summed E-state index contributed by atoms with van der Waals surface area (Å²) in [6, 6.07) is 4.74. The summed E-state index contributed by atoms with van der Waals surface area (Å²) in [7, 11) is 0. The average Bonchev–Trinajstić information content (AvgIpc) is 2.66. The molecule has 32 heavy (non-hydrogen) atoms. The predicted octanol–water partition coefficient (Wildman–Crippen LogP) is 4.65. The number of hydrogen-bond donors (Lipinski definition) is 2. The second kappa shape index (κ2) is 9.01. The number of esters is 1. The predicted molar refractivity (Wildman–Crippen MR) is 94.3 cm³/mol. The molecular weight excluding hydrogens is 456 g/mol. The van der Waals surface area contributed by atoms with Crippen LogP contribution in [0.15, 0.2) is 42.5 Å². The maximum atomic E-state index is 14.1. The van der Waals surface area contributed by atoms with Crippen molar-refractivity contribution in [3.8, 4) is 0 Å². The molecule has 0 spiro atoms. The Morgan fingerprint density at radius 2 is 1.47 bits per heavy atom. The fourth-order valence-electron chi connectivity index (χ4n) is 2.62. The number of carbonyl (C=O) groups is 2. The number of benzene rings is 2. The van der Waals surface area contributed by atoms with Gasteiger partial charge in [-0.05, 0) is 31.2 Å². The van der Waals surface area contributed by atoms with Crippen LogP contribution in [0.5, 0.6) is 0 Å². The zero-order valence-corrected chi connectivity index (χ0v) is 16.0. The highest BCUT2D eigenvalue weighted by atomic mass is 19.4. The van der Waals surface area contributed by atoms with Crippen LogP contribution in [-0.2, 0) is 15.7 Å². The van der Waals surface area contributed by atoms with Crippen molar-refractivity contribution in [1.82, 2.24) is 5.32 Å². The van der Waals surface area contributed by atoms with Crippen LogP contribution >= 0.6 is 0 Å². The molecule has 0 aliphatic heterocycles. The summed E-state index contributed by atoms with van der Waals surface area (Å²) in [6.07, 6.45) is -11.0. The van der Waals surface area contributed by atoms with Gasteiger partial charge in [-0.2, -0.15) is 26.3 Å². The molecule has 0 aromatic heterocycles. The van der Waals surface area contributed by atoms with E-state index >= 15 is 0 Å². The van der Waals surface area contributed by atoms with Crippen LogP contribution in [-0.4, -0.2) is 30.3 Å². The topological polar surface area (TPSA) is 67.4 Å². The molecule has 1 atom stereocenters. The Bertz CT molecular complexity index is 987. The Balaban J connectivity index is 2.68. The van der Waals surface area contributed by atoms with Crippen molar-refractivity contribution in [2.45, 2.75) is 24.9 Å². The molecule has 5 nitrogen and oxygen atoms in total. The van der Waals surface area contributed by atoms with Gasteiger partial charge in [-0.3, -0.25) is 4.79 Å². The van der Waals surface area contributed by atoms with Crippen molar-refractivity contribution in [3.05, 3.63) is 65.2 Å². The van der Waals surface area contributed by atoms with Crippen molar-refractivity contribution in [1.29, 1.82) is 0 Å². The molecule has 2 N–H and O–H groups in total. The molecular formula is C19H14F8N2O3. The van der Waals surface area contributed by atoms with Gasteiger partial charge in [-0.1, -0.05) is 18.2 Å². The number of rotatable bonds is 6. The van der Waals surface area contributed by atoms with Crippen LogP contribution in [0.25, 0.3) is 0 Å². The summed E-state index contributed by atoms with van der Waals surface area (Å²) in [4.78, 5) is 24.7. The minimum Gasteiger partial charge on any atom is -0.463 e. The molecule has 174 valence electrons. The lowest BCUT2D eigenvalue weighted by atomic mass is 10.1. The molecule has 2 aromatic carbocycles. The van der Waals surface area contributed by atoms with Crippen LogP contribution in [0, 0.1) is 11.6 Å². The SMILES string of the molecule is CCOC(=O)[C@](NC(=O)c1c(F)cccc1F)(Nc1ccccc1C(F)(F)F)C(F)(F)F. The lowest BCUT2D eigenvalue weighted by Crippen LogP contribution is -2.69. The molecule has 0 aliphatic rings. The summed E-state index contributed by atoms with van der Waals surface area (Å²) in [5.74, 6) is -7.46. The van der Waals surface area contributed by atoms with E-state index in [2.05, 4.69) is 4.74 Å². The Kier molecular flexibility index (Phi) is 7.00. The number of hydrogen-bond acceptors (Lipinski definition) is 4. The van der Waals surface area contributed by atoms with Gasteiger partial charge in [0.15, 0.2) is 0 Å². The first-order chi connectivity index (χ1) is 14.7. The third-order valence-electron chi connectivity index (χ3n) is 4.05. The molecule has 0 saturated heterocycles. The number of para-hydroxylation sites is 1. The van der Waals surface area contributed by atoms with Crippen LogP contribution < -0.4 is 10.6 Å². The Morgan fingerprint density at radius 3 is 1.97 bits per heavy atom. The molecule has 0 bridgehead atoms. The molecule has 2 rings (SSSR count). The third-order valence-corrected chi connectivity index (χ3v) is 4.05. The first kappa shape index (κ1) is 24.9. The Labute approximate surface area is 175 Å². The van der Waals surface area contributed by atoms with Crippen molar-refractivity contribution in [3.63, 3.8) is 0 Å². The molecule has 1 amide bonds. The second-order valence-corrected chi connectivity index (χ2v) is 6.19. The molecule has 0 unspecified atom stereocenters. The normalized spacial score (nSPS) is 13.8. The van der Waals surface area contributed by atoms with Crippen molar-refractivity contribution in [2.75, 3.05) is 11.9 Å². The fourth-order valence-corrected chi connectivity index (χ4v) is 2.62. The third kappa shape index (κ3) is 4.92. The summed E-state index contributed by atoms with van der Waals surface area (Å²) < 4.78 is 114. The fraction of sp³-hybridized carbons (Fsp3) is 0.263. The van der Waals surface area contributed by atoms with Crippen LogP contribution in [0.4, 0.5) is 40.8 Å². The number of amides is 1. The van der Waals surface area contributed by atoms with E-state index in [9.17, 15) is 44.7 Å². The van der Waals surface area contributed by atoms with Gasteiger partial charge in [0.2, 0.25) is 0 Å². The molecule has 0 radical (unpaired) electrons. The van der Waals surface area contributed by atoms with Crippen molar-refractivity contribution >= 4 is 17.6 Å². The smallest absolute Gasteiger partial charge is 0.441 e. The molecule has 0 aliphatic carbocycles. The quantitative estimate of drug-likeness (QED) is 0.367. The van der Waals surface area contributed by atoms with Gasteiger partial charge in [-0.25, -0.2) is 13.6 Å². The lowest BCUT2D eigenvalue weighted by molar-refractivity contribution is -0.204. The monoisotopic (exact) mass is 470 g/mol. The zero-order valence-electron chi connectivity index (χ0n) is 16.0. The minimum atomic E-state index is -5.82. The number of anilines is 1. The van der Waals surface area contributed by atoms with Gasteiger partial charge < -0.3 is 15.4 Å². The van der Waals surface area contributed by atoms with E-state index in [1.54, 1.807) is 0 Å². The Morgan fingerprint density at radius 1 is 0.906 bits per heavy atom. The van der Waals surface area contributed by atoms with Gasteiger partial charge in [0.1, 0.15) is 17.2 Å². The zero-order chi connectivity index (χ0) is 24.3. The van der Waals surface area contributed by atoms with E-state index in [0.717, 1.165) is 30.4 Å². The highest BCUT2D eigenvalue weighted by Crippen LogP contribution is 2.39. The average molecular weight is 470 g/mol. The lowest BCUT2D eigenvalue weighted by Gasteiger charge is -2.36. The highest BCUT2D eigenvalue weighted by molar-refractivity contribution is 6.00. The standard InChI is InChI=1S/C19H14F8N2O3/c1-2-32-16(31)17(19(25,26)27,28-13-9-4-3-6-10(13)18(22,23)24)29-15(30)14-11(20)7-5-8-12(14)21/h3-9,28H,2H2,1H3,(H,29,30)/t17-/m1/s1. The minimum absolute atomic E-state index is 0.424. The summed E-state index contributed by atoms with van der Waals surface area (Å²) in [5.41, 5.74) is -8.67. The number of alkyl halides is 6. The van der Waals surface area contributed by atoms with Gasteiger partial charge in [0.25, 0.3) is 5.91 Å². The number of carbonyl (C=O) groups excluding carboxylic acids is 2. The summed E-state index contributed by atoms with van der Waals surface area (Å²) in [6.45, 7) is 0.435. The van der Waals surface area contributed by atoms with Crippen molar-refractivity contribution in [2.24, 2.45) is 0 Å². The first-order valence-corrected chi connectivity index (χ1v) is 8.69. The Hall–Kier alpha value is -3.38. The van der Waals surface area contributed by atoms with Crippen LogP contribution in [0.3, 0.4) is 0 Å². The van der Waals surface area contributed by atoms with Gasteiger partial charge in [-0.15, -0.1) is 0 Å². The summed E-state index contributed by atoms with van der Waals surface area (Å²) in [5, 5.41) is 2.42. The molecule has 2 aromatic rings. The van der Waals surface area contributed by atoms with E-state index in [4.69, 9.17) is 0 Å². The highest BCUT2D eigenvalue weighted by Gasteiger charge is 2.64. The number of nitrogens with one attached hydrogen (secondary N) is 2. The van der Waals surface area contributed by atoms with E-state index in [0.29, 0.717) is 24.3 Å². The van der Waals surface area contributed by atoms with Gasteiger partial charge in [0.05, 0.1) is 12.2 Å². The molecule has 13 heteroatoms. The maximum absolute atomic E-state index is 14.1. The molecule has 0 saturated carbocycles. The second-order valence-electron chi connectivity index (χ2n) is 6.19. The van der Waals surface area contributed by atoms with E-state index < -0.39 is 64.9 Å². The van der Waals surface area contributed by atoms with E-state index in [1.165, 1.54) is 5.32 Å².